The van der Waals surface area contributed by atoms with Crippen molar-refractivity contribution < 1.29 is 9.53 Å². The van der Waals surface area contributed by atoms with Crippen LogP contribution in [0, 0.1) is 0 Å². The van der Waals surface area contributed by atoms with Gasteiger partial charge in [-0.25, -0.2) is 0 Å². The molecule has 1 unspecified atom stereocenters. The van der Waals surface area contributed by atoms with Crippen LogP contribution in [-0.2, 0) is 9.53 Å². The summed E-state index contributed by atoms with van der Waals surface area (Å²) in [5, 5.41) is 0. The number of ether oxygens (including phenoxy) is 1. The fraction of sp³-hybridized carbons (Fsp3) is 0.857. The summed E-state index contributed by atoms with van der Waals surface area (Å²) in [7, 11) is 0. The third-order valence-electron chi connectivity index (χ3n) is 1.10. The molecule has 9 heavy (non-hydrogen) atoms. The Labute approximate surface area is 56.2 Å². The Kier molecular flexibility index (Phi) is 5.52. The lowest BCUT2D eigenvalue weighted by atomic mass is 10.2. The van der Waals surface area contributed by atoms with Crippen LogP contribution in [0.4, 0.5) is 0 Å². The van der Waals surface area contributed by atoms with Gasteiger partial charge in [0.2, 0.25) is 0 Å². The highest BCUT2D eigenvalue weighted by atomic mass is 16.5. The van der Waals surface area contributed by atoms with Crippen LogP contribution in [0.1, 0.15) is 26.7 Å². The summed E-state index contributed by atoms with van der Waals surface area (Å²) in [5.41, 5.74) is 0. The van der Waals surface area contributed by atoms with E-state index in [0.717, 1.165) is 13.0 Å². The SMILES string of the molecule is CCOC(C)CC[C]=O. The molecule has 0 spiro atoms. The molecule has 0 aliphatic carbocycles. The van der Waals surface area contributed by atoms with Crippen LogP contribution in [0.25, 0.3) is 0 Å². The maximum atomic E-state index is 9.73. The van der Waals surface area contributed by atoms with Crippen molar-refractivity contribution >= 4 is 6.29 Å². The molecule has 2 nitrogen and oxygen atoms in total. The highest BCUT2D eigenvalue weighted by Crippen LogP contribution is 1.98. The van der Waals surface area contributed by atoms with Crippen molar-refractivity contribution in [3.05, 3.63) is 0 Å². The van der Waals surface area contributed by atoms with Gasteiger partial charge in [0.25, 0.3) is 0 Å². The van der Waals surface area contributed by atoms with Gasteiger partial charge in [0.05, 0.1) is 6.10 Å². The Balaban J connectivity index is 3.04. The topological polar surface area (TPSA) is 26.3 Å². The van der Waals surface area contributed by atoms with Gasteiger partial charge in [0, 0.05) is 13.0 Å². The zero-order valence-electron chi connectivity index (χ0n) is 6.02. The normalized spacial score (nSPS) is 13.1. The molecule has 0 aromatic heterocycles. The van der Waals surface area contributed by atoms with Crippen LogP contribution in [0.5, 0.6) is 0 Å². The fourth-order valence-corrected chi connectivity index (χ4v) is 0.630. The van der Waals surface area contributed by atoms with Crippen LogP contribution < -0.4 is 0 Å². The summed E-state index contributed by atoms with van der Waals surface area (Å²) in [6.07, 6.45) is 3.31. The standard InChI is InChI=1S/C7H13O2/c1-3-9-7(2)5-4-6-8/h7H,3-5H2,1-2H3. The average molecular weight is 129 g/mol. The molecule has 0 aliphatic heterocycles. The smallest absolute Gasteiger partial charge is 0.198 e. The number of hydrogen-bond donors (Lipinski definition) is 0. The first-order chi connectivity index (χ1) is 4.31. The van der Waals surface area contributed by atoms with Gasteiger partial charge in [-0.05, 0) is 20.3 Å². The van der Waals surface area contributed by atoms with Gasteiger partial charge in [-0.3, -0.25) is 4.79 Å². The minimum absolute atomic E-state index is 0.205. The van der Waals surface area contributed by atoms with Crippen molar-refractivity contribution in [3.8, 4) is 0 Å². The summed E-state index contributed by atoms with van der Waals surface area (Å²) in [6.45, 7) is 4.63. The molecular weight excluding hydrogens is 116 g/mol. The predicted molar refractivity (Wildman–Crippen MR) is 36.0 cm³/mol. The Bertz CT molecular complexity index is 71.3. The van der Waals surface area contributed by atoms with Crippen molar-refractivity contribution in [2.24, 2.45) is 0 Å². The van der Waals surface area contributed by atoms with E-state index in [-0.39, 0.29) is 6.10 Å². The second-order valence-corrected chi connectivity index (χ2v) is 1.95. The lowest BCUT2D eigenvalue weighted by Crippen LogP contribution is -2.07. The van der Waals surface area contributed by atoms with E-state index in [2.05, 4.69) is 0 Å². The van der Waals surface area contributed by atoms with E-state index in [1.54, 1.807) is 0 Å². The molecule has 0 aromatic carbocycles. The highest BCUT2D eigenvalue weighted by Gasteiger charge is 1.98. The molecule has 53 valence electrons. The van der Waals surface area contributed by atoms with Gasteiger partial charge < -0.3 is 4.74 Å². The third kappa shape index (κ3) is 5.50. The fourth-order valence-electron chi connectivity index (χ4n) is 0.630. The number of rotatable bonds is 5. The van der Waals surface area contributed by atoms with Crippen molar-refractivity contribution in [2.45, 2.75) is 32.8 Å². The van der Waals surface area contributed by atoms with Crippen molar-refractivity contribution in [2.75, 3.05) is 6.61 Å². The molecule has 0 aromatic rings. The maximum absolute atomic E-state index is 9.73. The highest BCUT2D eigenvalue weighted by molar-refractivity contribution is 5.50. The van der Waals surface area contributed by atoms with Gasteiger partial charge in [-0.1, -0.05) is 0 Å². The Morgan fingerprint density at radius 2 is 2.33 bits per heavy atom. The molecule has 0 fully saturated rings. The van der Waals surface area contributed by atoms with Crippen LogP contribution in [0.2, 0.25) is 0 Å². The van der Waals surface area contributed by atoms with Crippen molar-refractivity contribution in [3.63, 3.8) is 0 Å². The van der Waals surface area contributed by atoms with E-state index in [4.69, 9.17) is 4.74 Å². The summed E-state index contributed by atoms with van der Waals surface area (Å²) < 4.78 is 5.16. The second kappa shape index (κ2) is 5.76. The van der Waals surface area contributed by atoms with Crippen LogP contribution >= 0.6 is 0 Å². The van der Waals surface area contributed by atoms with Gasteiger partial charge in [-0.15, -0.1) is 0 Å². The first-order valence-electron chi connectivity index (χ1n) is 3.27. The molecule has 0 aliphatic rings. The molecule has 1 atom stereocenters. The summed E-state index contributed by atoms with van der Waals surface area (Å²) in [4.78, 5) is 9.73. The summed E-state index contributed by atoms with van der Waals surface area (Å²) in [5.74, 6) is 0. The first-order valence-corrected chi connectivity index (χ1v) is 3.27. The minimum Gasteiger partial charge on any atom is -0.379 e. The van der Waals surface area contributed by atoms with E-state index in [1.807, 2.05) is 20.1 Å². The Morgan fingerprint density at radius 3 is 2.78 bits per heavy atom. The molecule has 0 saturated heterocycles. The summed E-state index contributed by atoms with van der Waals surface area (Å²) in [6, 6.07) is 0. The van der Waals surface area contributed by atoms with Gasteiger partial charge in [0.1, 0.15) is 0 Å². The maximum Gasteiger partial charge on any atom is 0.198 e. The average Bonchev–Trinajstić information content (AvgIpc) is 1.85. The molecule has 0 amide bonds. The van der Waals surface area contributed by atoms with Gasteiger partial charge in [0.15, 0.2) is 6.29 Å². The third-order valence-corrected chi connectivity index (χ3v) is 1.10. The van der Waals surface area contributed by atoms with E-state index < -0.39 is 0 Å². The van der Waals surface area contributed by atoms with Crippen molar-refractivity contribution in [1.82, 2.24) is 0 Å². The second-order valence-electron chi connectivity index (χ2n) is 1.95. The molecule has 1 radical (unpaired) electrons. The first kappa shape index (κ1) is 8.63. The number of hydrogen-bond acceptors (Lipinski definition) is 2. The van der Waals surface area contributed by atoms with Gasteiger partial charge in [-0.2, -0.15) is 0 Å². The van der Waals surface area contributed by atoms with E-state index >= 15 is 0 Å². The lowest BCUT2D eigenvalue weighted by Gasteiger charge is -2.07. The minimum atomic E-state index is 0.205. The van der Waals surface area contributed by atoms with Crippen LogP contribution in [0.15, 0.2) is 0 Å². The Hall–Kier alpha value is -0.370. The monoisotopic (exact) mass is 129 g/mol. The molecule has 0 bridgehead atoms. The largest absolute Gasteiger partial charge is 0.379 e. The summed E-state index contributed by atoms with van der Waals surface area (Å²) >= 11 is 0. The van der Waals surface area contributed by atoms with Gasteiger partial charge >= 0.3 is 0 Å². The van der Waals surface area contributed by atoms with Crippen LogP contribution in [0.3, 0.4) is 0 Å². The predicted octanol–water partition coefficient (Wildman–Crippen LogP) is 1.30. The molecular formula is C7H13O2. The van der Waals surface area contributed by atoms with E-state index in [9.17, 15) is 4.79 Å². The molecule has 0 heterocycles. The zero-order chi connectivity index (χ0) is 7.11. The molecule has 0 N–H and O–H groups in total. The Morgan fingerprint density at radius 1 is 1.67 bits per heavy atom. The molecule has 0 saturated carbocycles. The van der Waals surface area contributed by atoms with Crippen molar-refractivity contribution in [1.29, 1.82) is 0 Å². The lowest BCUT2D eigenvalue weighted by molar-refractivity contribution is 0.0717. The quantitative estimate of drug-likeness (QED) is 0.559. The number of carbonyl (C=O) groups excluding carboxylic acids is 1. The zero-order valence-corrected chi connectivity index (χ0v) is 6.02. The molecule has 0 rings (SSSR count). The van der Waals surface area contributed by atoms with Crippen LogP contribution in [-0.4, -0.2) is 19.0 Å². The van der Waals surface area contributed by atoms with E-state index in [1.165, 1.54) is 0 Å². The molecule has 2 heteroatoms. The van der Waals surface area contributed by atoms with E-state index in [0.29, 0.717) is 6.42 Å².